The van der Waals surface area contributed by atoms with Gasteiger partial charge < -0.3 is 0 Å². The standard InChI is InChI=1S/C6H15ClSi/c1-6(2,7)5-8(3)4/h8H,5H2,1-4H3. The molecule has 2 heteroatoms. The van der Waals surface area contributed by atoms with Crippen molar-refractivity contribution in [2.24, 2.45) is 0 Å². The maximum atomic E-state index is 5.96. The van der Waals surface area contributed by atoms with Crippen molar-refractivity contribution in [2.45, 2.75) is 37.9 Å². The van der Waals surface area contributed by atoms with Crippen LogP contribution in [0.3, 0.4) is 0 Å². The van der Waals surface area contributed by atoms with Gasteiger partial charge in [0.1, 0.15) is 0 Å². The average Bonchev–Trinajstić information content (AvgIpc) is 1.21. The maximum absolute atomic E-state index is 5.96. The zero-order valence-corrected chi connectivity index (χ0v) is 8.07. The summed E-state index contributed by atoms with van der Waals surface area (Å²) in [6.07, 6.45) is 0. The quantitative estimate of drug-likeness (QED) is 0.419. The van der Waals surface area contributed by atoms with E-state index < -0.39 is 8.80 Å². The summed E-state index contributed by atoms with van der Waals surface area (Å²) in [5, 5.41) is 0. The van der Waals surface area contributed by atoms with Crippen LogP contribution in [0.25, 0.3) is 0 Å². The molecular weight excluding hydrogens is 136 g/mol. The predicted molar refractivity (Wildman–Crippen MR) is 43.6 cm³/mol. The van der Waals surface area contributed by atoms with E-state index in [0.717, 1.165) is 0 Å². The van der Waals surface area contributed by atoms with Crippen LogP contribution in [0.2, 0.25) is 19.1 Å². The van der Waals surface area contributed by atoms with E-state index in [9.17, 15) is 0 Å². The molecule has 0 aliphatic carbocycles. The van der Waals surface area contributed by atoms with Crippen molar-refractivity contribution in [3.63, 3.8) is 0 Å². The lowest BCUT2D eigenvalue weighted by Gasteiger charge is -2.16. The van der Waals surface area contributed by atoms with Gasteiger partial charge in [0.15, 0.2) is 0 Å². The Hall–Kier alpha value is 0.507. The Balaban J connectivity index is 3.39. The lowest BCUT2D eigenvalue weighted by molar-refractivity contribution is 0.777. The van der Waals surface area contributed by atoms with E-state index in [-0.39, 0.29) is 4.87 Å². The first-order valence-electron chi connectivity index (χ1n) is 3.11. The molecule has 0 N–H and O–H groups in total. The lowest BCUT2D eigenvalue weighted by atomic mass is 10.2. The number of rotatable bonds is 2. The van der Waals surface area contributed by atoms with Crippen molar-refractivity contribution in [3.05, 3.63) is 0 Å². The molecule has 0 aromatic heterocycles. The highest BCUT2D eigenvalue weighted by Gasteiger charge is 2.14. The van der Waals surface area contributed by atoms with Gasteiger partial charge in [0, 0.05) is 13.7 Å². The molecule has 50 valence electrons. The largest absolute Gasteiger partial charge is 0.120 e. The van der Waals surface area contributed by atoms with E-state index in [2.05, 4.69) is 26.9 Å². The topological polar surface area (TPSA) is 0 Å². The first kappa shape index (κ1) is 8.51. The number of hydrogen-bond acceptors (Lipinski definition) is 0. The van der Waals surface area contributed by atoms with E-state index >= 15 is 0 Å². The third kappa shape index (κ3) is 6.51. The van der Waals surface area contributed by atoms with Crippen LogP contribution in [0.1, 0.15) is 13.8 Å². The number of hydrogen-bond donors (Lipinski definition) is 0. The highest BCUT2D eigenvalue weighted by molar-refractivity contribution is 6.57. The molecule has 0 amide bonds. The van der Waals surface area contributed by atoms with Crippen molar-refractivity contribution in [2.75, 3.05) is 0 Å². The first-order valence-corrected chi connectivity index (χ1v) is 6.61. The molecule has 0 rings (SSSR count). The molecule has 0 fully saturated rings. The second-order valence-corrected chi connectivity index (χ2v) is 7.54. The second kappa shape index (κ2) is 2.88. The normalized spacial score (nSPS) is 12.8. The van der Waals surface area contributed by atoms with Crippen LogP contribution in [-0.4, -0.2) is 13.7 Å². The zero-order valence-electron chi connectivity index (χ0n) is 6.16. The Morgan fingerprint density at radius 3 is 1.75 bits per heavy atom. The summed E-state index contributed by atoms with van der Waals surface area (Å²) in [6.45, 7) is 8.82. The van der Waals surface area contributed by atoms with Crippen LogP contribution in [0.4, 0.5) is 0 Å². The fourth-order valence-electron chi connectivity index (χ4n) is 0.971. The Morgan fingerprint density at radius 1 is 1.38 bits per heavy atom. The highest BCUT2D eigenvalue weighted by atomic mass is 35.5. The Bertz CT molecular complexity index is 63.4. The molecule has 0 aliphatic heterocycles. The molecule has 8 heavy (non-hydrogen) atoms. The Kier molecular flexibility index (Phi) is 3.06. The lowest BCUT2D eigenvalue weighted by Crippen LogP contribution is -2.17. The van der Waals surface area contributed by atoms with Gasteiger partial charge in [-0.25, -0.2) is 0 Å². The summed E-state index contributed by atoms with van der Waals surface area (Å²) in [4.78, 5) is 0.0559. The molecule has 0 bridgehead atoms. The van der Waals surface area contributed by atoms with Gasteiger partial charge in [-0.2, -0.15) is 0 Å². The molecule has 0 nitrogen and oxygen atoms in total. The van der Waals surface area contributed by atoms with Crippen molar-refractivity contribution >= 4 is 20.4 Å². The minimum atomic E-state index is -0.427. The summed E-state index contributed by atoms with van der Waals surface area (Å²) in [5.41, 5.74) is 0. The van der Waals surface area contributed by atoms with Crippen LogP contribution < -0.4 is 0 Å². The Morgan fingerprint density at radius 2 is 1.75 bits per heavy atom. The molecule has 0 aliphatic rings. The molecule has 0 aromatic rings. The minimum absolute atomic E-state index is 0.0559. The second-order valence-electron chi connectivity index (χ2n) is 3.32. The van der Waals surface area contributed by atoms with Gasteiger partial charge in [-0.3, -0.25) is 0 Å². The predicted octanol–water partition coefficient (Wildman–Crippen LogP) is 2.49. The SMILES string of the molecule is C[SiH](C)CC(C)(C)Cl. The number of halogens is 1. The third-order valence-corrected chi connectivity index (χ3v) is 3.14. The molecule has 0 aromatic carbocycles. The monoisotopic (exact) mass is 150 g/mol. The van der Waals surface area contributed by atoms with Crippen molar-refractivity contribution in [3.8, 4) is 0 Å². The summed E-state index contributed by atoms with van der Waals surface area (Å²) in [6, 6.07) is 1.23. The van der Waals surface area contributed by atoms with E-state index in [1.165, 1.54) is 6.04 Å². The molecule has 0 heterocycles. The van der Waals surface area contributed by atoms with Gasteiger partial charge in [0.05, 0.1) is 0 Å². The zero-order chi connectivity index (χ0) is 6.78. The fraction of sp³-hybridized carbons (Fsp3) is 1.00. The van der Waals surface area contributed by atoms with Crippen molar-refractivity contribution < 1.29 is 0 Å². The van der Waals surface area contributed by atoms with E-state index in [0.29, 0.717) is 0 Å². The summed E-state index contributed by atoms with van der Waals surface area (Å²) < 4.78 is 0. The van der Waals surface area contributed by atoms with Crippen LogP contribution in [0.5, 0.6) is 0 Å². The van der Waals surface area contributed by atoms with Gasteiger partial charge >= 0.3 is 0 Å². The molecule has 0 spiro atoms. The average molecular weight is 151 g/mol. The molecule has 0 unspecified atom stereocenters. The van der Waals surface area contributed by atoms with Gasteiger partial charge in [-0.15, -0.1) is 11.6 Å². The van der Waals surface area contributed by atoms with Crippen molar-refractivity contribution in [1.29, 1.82) is 0 Å². The van der Waals surface area contributed by atoms with Crippen LogP contribution >= 0.6 is 11.6 Å². The fourth-order valence-corrected chi connectivity index (χ4v) is 3.84. The van der Waals surface area contributed by atoms with Crippen LogP contribution in [0, 0.1) is 0 Å². The van der Waals surface area contributed by atoms with Crippen LogP contribution in [-0.2, 0) is 0 Å². The summed E-state index contributed by atoms with van der Waals surface area (Å²) in [5.74, 6) is 0. The molecule has 0 saturated carbocycles. The minimum Gasteiger partial charge on any atom is -0.120 e. The molecule has 0 radical (unpaired) electrons. The molecule has 0 atom stereocenters. The van der Waals surface area contributed by atoms with Gasteiger partial charge in [0.25, 0.3) is 0 Å². The summed E-state index contributed by atoms with van der Waals surface area (Å²) >= 11 is 5.96. The van der Waals surface area contributed by atoms with E-state index in [1.54, 1.807) is 0 Å². The molecule has 0 saturated heterocycles. The van der Waals surface area contributed by atoms with Crippen LogP contribution in [0.15, 0.2) is 0 Å². The van der Waals surface area contributed by atoms with Gasteiger partial charge in [0.2, 0.25) is 0 Å². The van der Waals surface area contributed by atoms with Crippen molar-refractivity contribution in [1.82, 2.24) is 0 Å². The highest BCUT2D eigenvalue weighted by Crippen LogP contribution is 2.19. The summed E-state index contributed by atoms with van der Waals surface area (Å²) in [7, 11) is -0.427. The smallest absolute Gasteiger partial charge is 0.0364 e. The number of alkyl halides is 1. The van der Waals surface area contributed by atoms with Gasteiger partial charge in [-0.05, 0) is 19.9 Å². The Labute approximate surface area is 58.8 Å². The maximum Gasteiger partial charge on any atom is 0.0364 e. The molecular formula is C6H15ClSi. The van der Waals surface area contributed by atoms with E-state index in [1.807, 2.05) is 0 Å². The first-order chi connectivity index (χ1) is 3.42. The third-order valence-electron chi connectivity index (χ3n) is 0.894. The van der Waals surface area contributed by atoms with Gasteiger partial charge in [-0.1, -0.05) is 13.1 Å². The van der Waals surface area contributed by atoms with E-state index in [4.69, 9.17) is 11.6 Å².